The van der Waals surface area contributed by atoms with E-state index in [1.54, 1.807) is 47.8 Å². The number of hydrogen-bond acceptors (Lipinski definition) is 10. The molecule has 36 heavy (non-hydrogen) atoms. The van der Waals surface area contributed by atoms with Crippen molar-refractivity contribution >= 4 is 45.0 Å². The SMILES string of the molecule is COCCOc1cc(/C=C2\SC(=O)NC2=O)nc(N2CC3CN(S(=O)(=O)c4ccccc4)CC3C2)n1. The van der Waals surface area contributed by atoms with Gasteiger partial charge in [0.25, 0.3) is 11.1 Å². The van der Waals surface area contributed by atoms with Crippen LogP contribution < -0.4 is 15.0 Å². The van der Waals surface area contributed by atoms with Gasteiger partial charge >= 0.3 is 0 Å². The lowest BCUT2D eigenvalue weighted by atomic mass is 10.0. The average Bonchev–Trinajstić information content (AvgIpc) is 3.53. The van der Waals surface area contributed by atoms with Gasteiger partial charge in [0.15, 0.2) is 0 Å². The summed E-state index contributed by atoms with van der Waals surface area (Å²) < 4.78 is 38.4. The Hall–Kier alpha value is -3.00. The fourth-order valence-electron chi connectivity index (χ4n) is 4.56. The molecule has 2 atom stereocenters. The van der Waals surface area contributed by atoms with Gasteiger partial charge in [0.1, 0.15) is 6.61 Å². The van der Waals surface area contributed by atoms with Gasteiger partial charge < -0.3 is 14.4 Å². The van der Waals surface area contributed by atoms with Gasteiger partial charge in [0, 0.05) is 39.4 Å². The summed E-state index contributed by atoms with van der Waals surface area (Å²) in [4.78, 5) is 35.2. The van der Waals surface area contributed by atoms with Gasteiger partial charge in [-0.3, -0.25) is 14.9 Å². The number of thioether (sulfide) groups is 1. The van der Waals surface area contributed by atoms with Crippen molar-refractivity contribution in [3.05, 3.63) is 47.0 Å². The largest absolute Gasteiger partial charge is 0.475 e. The molecule has 2 aromatic rings. The molecule has 1 aromatic carbocycles. The Labute approximate surface area is 212 Å². The Kier molecular flexibility index (Phi) is 6.97. The fraction of sp³-hybridized carbons (Fsp3) is 0.391. The Bertz CT molecular complexity index is 1290. The minimum absolute atomic E-state index is 0.140. The predicted octanol–water partition coefficient (Wildman–Crippen LogP) is 1.58. The summed E-state index contributed by atoms with van der Waals surface area (Å²) in [5.41, 5.74) is 0.435. The highest BCUT2D eigenvalue weighted by Gasteiger charge is 2.45. The summed E-state index contributed by atoms with van der Waals surface area (Å²) in [5, 5.41) is 1.80. The molecule has 3 aliphatic heterocycles. The minimum Gasteiger partial charge on any atom is -0.475 e. The van der Waals surface area contributed by atoms with Crippen LogP contribution in [0.4, 0.5) is 10.7 Å². The molecule has 0 saturated carbocycles. The van der Waals surface area contributed by atoms with Gasteiger partial charge in [0.05, 0.1) is 22.1 Å². The highest BCUT2D eigenvalue weighted by atomic mass is 32.2. The lowest BCUT2D eigenvalue weighted by Gasteiger charge is -2.22. The molecule has 11 nitrogen and oxygen atoms in total. The first-order valence-corrected chi connectivity index (χ1v) is 13.6. The van der Waals surface area contributed by atoms with Crippen molar-refractivity contribution in [2.24, 2.45) is 11.8 Å². The zero-order valence-corrected chi connectivity index (χ0v) is 21.1. The molecule has 3 saturated heterocycles. The molecule has 3 aliphatic rings. The van der Waals surface area contributed by atoms with Crippen LogP contribution in [0.25, 0.3) is 6.08 Å². The molecular formula is C23H25N5O6S2. The lowest BCUT2D eigenvalue weighted by Crippen LogP contribution is -2.33. The van der Waals surface area contributed by atoms with Gasteiger partial charge in [-0.25, -0.2) is 13.4 Å². The van der Waals surface area contributed by atoms with Crippen molar-refractivity contribution in [3.8, 4) is 5.88 Å². The second-order valence-corrected chi connectivity index (χ2v) is 11.6. The number of nitrogens with one attached hydrogen (secondary N) is 1. The molecular weight excluding hydrogens is 506 g/mol. The summed E-state index contributed by atoms with van der Waals surface area (Å²) in [6, 6.07) is 10.1. The zero-order chi connectivity index (χ0) is 25.3. The molecule has 0 aliphatic carbocycles. The Morgan fingerprint density at radius 3 is 2.44 bits per heavy atom. The third-order valence-electron chi connectivity index (χ3n) is 6.29. The first-order chi connectivity index (χ1) is 17.3. The van der Waals surface area contributed by atoms with Crippen molar-refractivity contribution in [2.45, 2.75) is 4.90 Å². The van der Waals surface area contributed by atoms with Crippen molar-refractivity contribution in [1.29, 1.82) is 0 Å². The van der Waals surface area contributed by atoms with Crippen LogP contribution in [0.1, 0.15) is 5.69 Å². The Balaban J connectivity index is 1.34. The van der Waals surface area contributed by atoms with Gasteiger partial charge in [0.2, 0.25) is 21.9 Å². The number of aromatic nitrogens is 2. The Morgan fingerprint density at radius 2 is 1.81 bits per heavy atom. The molecule has 0 radical (unpaired) electrons. The summed E-state index contributed by atoms with van der Waals surface area (Å²) in [7, 11) is -1.96. The van der Waals surface area contributed by atoms with E-state index >= 15 is 0 Å². The van der Waals surface area contributed by atoms with Crippen LogP contribution >= 0.6 is 11.8 Å². The van der Waals surface area contributed by atoms with E-state index in [2.05, 4.69) is 15.3 Å². The van der Waals surface area contributed by atoms with Crippen LogP contribution in [-0.2, 0) is 19.6 Å². The number of fused-ring (bicyclic) bond motifs is 1. The van der Waals surface area contributed by atoms with Crippen molar-refractivity contribution in [1.82, 2.24) is 19.6 Å². The maximum absolute atomic E-state index is 13.0. The van der Waals surface area contributed by atoms with E-state index < -0.39 is 21.2 Å². The molecule has 190 valence electrons. The number of benzene rings is 1. The number of hydrogen-bond donors (Lipinski definition) is 1. The summed E-state index contributed by atoms with van der Waals surface area (Å²) in [5.74, 6) is 0.561. The molecule has 0 spiro atoms. The predicted molar refractivity (Wildman–Crippen MR) is 133 cm³/mol. The number of imide groups is 1. The number of rotatable bonds is 8. The maximum atomic E-state index is 13.0. The highest BCUT2D eigenvalue weighted by Crippen LogP contribution is 2.36. The molecule has 5 rings (SSSR count). The van der Waals surface area contributed by atoms with Crippen LogP contribution in [0.3, 0.4) is 0 Å². The van der Waals surface area contributed by atoms with E-state index in [0.29, 0.717) is 55.2 Å². The molecule has 3 fully saturated rings. The van der Waals surface area contributed by atoms with Crippen LogP contribution in [0.2, 0.25) is 0 Å². The summed E-state index contributed by atoms with van der Waals surface area (Å²) >= 11 is 0.812. The maximum Gasteiger partial charge on any atom is 0.290 e. The van der Waals surface area contributed by atoms with E-state index in [1.165, 1.54) is 6.08 Å². The second kappa shape index (κ2) is 10.2. The van der Waals surface area contributed by atoms with E-state index in [-0.39, 0.29) is 23.3 Å². The Morgan fingerprint density at radius 1 is 1.08 bits per heavy atom. The molecule has 1 N–H and O–H groups in total. The van der Waals surface area contributed by atoms with Gasteiger partial charge in [-0.05, 0) is 41.8 Å². The van der Waals surface area contributed by atoms with Crippen molar-refractivity contribution in [3.63, 3.8) is 0 Å². The first-order valence-electron chi connectivity index (χ1n) is 11.4. The van der Waals surface area contributed by atoms with Crippen LogP contribution in [-0.4, -0.2) is 80.3 Å². The number of ether oxygens (including phenoxy) is 2. The zero-order valence-electron chi connectivity index (χ0n) is 19.5. The molecule has 1 aromatic heterocycles. The summed E-state index contributed by atoms with van der Waals surface area (Å²) in [6.45, 7) is 2.71. The van der Waals surface area contributed by atoms with Gasteiger partial charge in [-0.1, -0.05) is 18.2 Å². The number of sulfonamides is 1. The smallest absolute Gasteiger partial charge is 0.290 e. The van der Waals surface area contributed by atoms with Gasteiger partial charge in [-0.15, -0.1) is 0 Å². The summed E-state index contributed by atoms with van der Waals surface area (Å²) in [6.07, 6.45) is 1.53. The number of carbonyl (C=O) groups excluding carboxylic acids is 2. The van der Waals surface area contributed by atoms with E-state index in [0.717, 1.165) is 11.8 Å². The molecule has 2 amide bonds. The minimum atomic E-state index is -3.54. The molecule has 4 heterocycles. The quantitative estimate of drug-likeness (QED) is 0.396. The second-order valence-electron chi connectivity index (χ2n) is 8.68. The number of methoxy groups -OCH3 is 1. The average molecular weight is 532 g/mol. The number of amides is 2. The molecule has 0 bridgehead atoms. The van der Waals surface area contributed by atoms with E-state index in [1.807, 2.05) is 4.90 Å². The monoisotopic (exact) mass is 531 g/mol. The number of carbonyl (C=O) groups is 2. The molecule has 2 unspecified atom stereocenters. The highest BCUT2D eigenvalue weighted by molar-refractivity contribution is 8.18. The number of nitrogens with zero attached hydrogens (tertiary/aromatic N) is 4. The normalized spacial score (nSPS) is 23.4. The van der Waals surface area contributed by atoms with E-state index in [9.17, 15) is 18.0 Å². The third kappa shape index (κ3) is 5.09. The van der Waals surface area contributed by atoms with E-state index in [4.69, 9.17) is 9.47 Å². The van der Waals surface area contributed by atoms with Crippen LogP contribution in [0.15, 0.2) is 46.2 Å². The lowest BCUT2D eigenvalue weighted by molar-refractivity contribution is -0.115. The van der Waals surface area contributed by atoms with Crippen LogP contribution in [0.5, 0.6) is 5.88 Å². The van der Waals surface area contributed by atoms with Crippen molar-refractivity contribution in [2.75, 3.05) is 51.4 Å². The topological polar surface area (TPSA) is 131 Å². The third-order valence-corrected chi connectivity index (χ3v) is 8.94. The first kappa shape index (κ1) is 24.7. The number of anilines is 1. The fourth-order valence-corrected chi connectivity index (χ4v) is 6.80. The van der Waals surface area contributed by atoms with Crippen LogP contribution in [0, 0.1) is 11.8 Å². The standard InChI is InChI=1S/C23H25N5O6S2/c1-33-7-8-34-20-10-17(9-19-21(29)26-23(30)35-19)24-22(25-20)27-11-15-13-28(14-16(15)12-27)36(31,32)18-5-3-2-4-6-18/h2-6,9-10,15-16H,7-8,11-14H2,1H3,(H,26,29,30)/b19-9-. The van der Waals surface area contributed by atoms with Gasteiger partial charge in [-0.2, -0.15) is 9.29 Å². The van der Waals surface area contributed by atoms with Crippen molar-refractivity contribution < 1.29 is 27.5 Å². The molecule has 13 heteroatoms.